The normalized spacial score (nSPS) is 25.1. The lowest BCUT2D eigenvalue weighted by Gasteiger charge is -2.26. The van der Waals surface area contributed by atoms with Crippen molar-refractivity contribution in [3.05, 3.63) is 12.4 Å². The van der Waals surface area contributed by atoms with Crippen LogP contribution in [0.5, 0.6) is 0 Å². The van der Waals surface area contributed by atoms with Gasteiger partial charge in [0, 0.05) is 36.5 Å². The number of aryl methyl sites for hydroxylation is 1. The van der Waals surface area contributed by atoms with Gasteiger partial charge in [0.1, 0.15) is 0 Å². The van der Waals surface area contributed by atoms with Crippen LogP contribution in [-0.2, 0) is 7.05 Å². The summed E-state index contributed by atoms with van der Waals surface area (Å²) in [7, 11) is 1.96. The van der Waals surface area contributed by atoms with Crippen LogP contribution in [0.25, 0.3) is 0 Å². The minimum atomic E-state index is 0.765. The Morgan fingerprint density at radius 3 is 2.82 bits per heavy atom. The minimum Gasteiger partial charge on any atom is -0.313 e. The summed E-state index contributed by atoms with van der Waals surface area (Å²) in [6.45, 7) is 3.48. The molecule has 96 valence electrons. The van der Waals surface area contributed by atoms with Gasteiger partial charge in [-0.1, -0.05) is 6.92 Å². The second-order valence-corrected chi connectivity index (χ2v) is 6.28. The topological polar surface area (TPSA) is 29.9 Å². The van der Waals surface area contributed by atoms with Crippen LogP contribution in [-0.4, -0.2) is 28.1 Å². The first-order chi connectivity index (χ1) is 8.24. The molecule has 0 atom stereocenters. The maximum absolute atomic E-state index is 4.17. The average Bonchev–Trinajstić information content (AvgIpc) is 2.73. The Hall–Kier alpha value is -0.480. The third-order valence-corrected chi connectivity index (χ3v) is 4.45. The molecule has 0 amide bonds. The molecular formula is C13H23N3S. The highest BCUT2D eigenvalue weighted by atomic mass is 32.2. The van der Waals surface area contributed by atoms with E-state index in [1.165, 1.54) is 30.6 Å². The first kappa shape index (κ1) is 13.0. The van der Waals surface area contributed by atoms with E-state index in [1.54, 1.807) is 0 Å². The summed E-state index contributed by atoms with van der Waals surface area (Å²) in [6.07, 6.45) is 9.53. The fraction of sp³-hybridized carbons (Fsp3) is 0.769. The molecule has 0 saturated heterocycles. The molecule has 2 rings (SSSR count). The van der Waals surface area contributed by atoms with Gasteiger partial charge in [-0.2, -0.15) is 5.10 Å². The molecular weight excluding hydrogens is 230 g/mol. The van der Waals surface area contributed by atoms with Gasteiger partial charge in [-0.05, 0) is 31.6 Å². The number of hydrogen-bond acceptors (Lipinski definition) is 3. The van der Waals surface area contributed by atoms with Crippen molar-refractivity contribution in [2.24, 2.45) is 13.0 Å². The van der Waals surface area contributed by atoms with Gasteiger partial charge in [0.25, 0.3) is 0 Å². The van der Waals surface area contributed by atoms with Gasteiger partial charge < -0.3 is 5.32 Å². The first-order valence-electron chi connectivity index (χ1n) is 6.59. The highest BCUT2D eigenvalue weighted by molar-refractivity contribution is 7.99. The molecule has 0 radical (unpaired) electrons. The molecule has 3 nitrogen and oxygen atoms in total. The van der Waals surface area contributed by atoms with Crippen LogP contribution in [0.15, 0.2) is 17.3 Å². The summed E-state index contributed by atoms with van der Waals surface area (Å²) in [6, 6.07) is 0.765. The lowest BCUT2D eigenvalue weighted by Crippen LogP contribution is -2.34. The third kappa shape index (κ3) is 4.36. The zero-order valence-electron chi connectivity index (χ0n) is 10.9. The second kappa shape index (κ2) is 6.45. The molecule has 1 heterocycles. The quantitative estimate of drug-likeness (QED) is 0.646. The monoisotopic (exact) mass is 253 g/mol. The van der Waals surface area contributed by atoms with Gasteiger partial charge in [0.2, 0.25) is 0 Å². The van der Waals surface area contributed by atoms with Gasteiger partial charge in [-0.25, -0.2) is 0 Å². The lowest BCUT2D eigenvalue weighted by molar-refractivity contribution is 0.312. The number of aromatic nitrogens is 2. The van der Waals surface area contributed by atoms with Crippen molar-refractivity contribution in [3.63, 3.8) is 0 Å². The number of nitrogens with zero attached hydrogens (tertiary/aromatic N) is 2. The van der Waals surface area contributed by atoms with Gasteiger partial charge in [-0.15, -0.1) is 11.8 Å². The van der Waals surface area contributed by atoms with E-state index in [0.29, 0.717) is 0 Å². The molecule has 1 aliphatic carbocycles. The number of rotatable bonds is 5. The van der Waals surface area contributed by atoms with Crippen molar-refractivity contribution in [2.75, 3.05) is 12.3 Å². The Morgan fingerprint density at radius 2 is 2.18 bits per heavy atom. The molecule has 1 saturated carbocycles. The largest absolute Gasteiger partial charge is 0.313 e. The Kier molecular flexibility index (Phi) is 4.92. The maximum Gasteiger partial charge on any atom is 0.0625 e. The molecule has 1 aromatic rings. The summed E-state index contributed by atoms with van der Waals surface area (Å²) in [5.74, 6) is 2.08. The molecule has 1 aliphatic rings. The second-order valence-electron chi connectivity index (χ2n) is 5.11. The molecule has 0 unspecified atom stereocenters. The van der Waals surface area contributed by atoms with E-state index in [4.69, 9.17) is 0 Å². The molecule has 4 heteroatoms. The lowest BCUT2D eigenvalue weighted by atomic mass is 9.87. The number of hydrogen-bond donors (Lipinski definition) is 1. The van der Waals surface area contributed by atoms with Crippen molar-refractivity contribution in [2.45, 2.75) is 43.5 Å². The van der Waals surface area contributed by atoms with E-state index in [1.807, 2.05) is 29.7 Å². The van der Waals surface area contributed by atoms with Crippen LogP contribution >= 0.6 is 11.8 Å². The van der Waals surface area contributed by atoms with Crippen LogP contribution in [0.3, 0.4) is 0 Å². The average molecular weight is 253 g/mol. The third-order valence-electron chi connectivity index (χ3n) is 3.50. The van der Waals surface area contributed by atoms with Crippen molar-refractivity contribution >= 4 is 11.8 Å². The highest BCUT2D eigenvalue weighted by Crippen LogP contribution is 2.23. The SMILES string of the molecule is CC1CCC(NCCSc2cnn(C)c2)CC1. The summed E-state index contributed by atoms with van der Waals surface area (Å²) < 4.78 is 1.86. The van der Waals surface area contributed by atoms with Crippen molar-refractivity contribution in [3.8, 4) is 0 Å². The highest BCUT2D eigenvalue weighted by Gasteiger charge is 2.16. The fourth-order valence-corrected chi connectivity index (χ4v) is 3.17. The predicted molar refractivity (Wildman–Crippen MR) is 73.4 cm³/mol. The molecule has 0 aliphatic heterocycles. The van der Waals surface area contributed by atoms with E-state index >= 15 is 0 Å². The molecule has 1 N–H and O–H groups in total. The van der Waals surface area contributed by atoms with Gasteiger partial charge in [0.15, 0.2) is 0 Å². The summed E-state index contributed by atoms with van der Waals surface area (Å²) >= 11 is 1.88. The van der Waals surface area contributed by atoms with Crippen molar-refractivity contribution < 1.29 is 0 Å². The Labute approximate surface area is 108 Å². The smallest absolute Gasteiger partial charge is 0.0625 e. The van der Waals surface area contributed by atoms with Crippen LogP contribution in [0, 0.1) is 5.92 Å². The van der Waals surface area contributed by atoms with Crippen LogP contribution in [0.1, 0.15) is 32.6 Å². The zero-order valence-corrected chi connectivity index (χ0v) is 11.7. The fourth-order valence-electron chi connectivity index (χ4n) is 2.37. The van der Waals surface area contributed by atoms with E-state index in [9.17, 15) is 0 Å². The van der Waals surface area contributed by atoms with E-state index in [-0.39, 0.29) is 0 Å². The van der Waals surface area contributed by atoms with Crippen LogP contribution < -0.4 is 5.32 Å². The molecule has 0 bridgehead atoms. The first-order valence-corrected chi connectivity index (χ1v) is 7.57. The van der Waals surface area contributed by atoms with Crippen molar-refractivity contribution in [1.29, 1.82) is 0 Å². The maximum atomic E-state index is 4.17. The standard InChI is InChI=1S/C13H23N3S/c1-11-3-5-12(6-4-11)14-7-8-17-13-9-15-16(2)10-13/h9-12,14H,3-8H2,1-2H3. The summed E-state index contributed by atoms with van der Waals surface area (Å²) in [5, 5.41) is 7.84. The number of nitrogens with one attached hydrogen (secondary N) is 1. The molecule has 1 fully saturated rings. The minimum absolute atomic E-state index is 0.765. The molecule has 17 heavy (non-hydrogen) atoms. The van der Waals surface area contributed by atoms with Gasteiger partial charge >= 0.3 is 0 Å². The zero-order chi connectivity index (χ0) is 12.1. The number of thioether (sulfide) groups is 1. The van der Waals surface area contributed by atoms with Gasteiger partial charge in [0.05, 0.1) is 6.20 Å². The summed E-state index contributed by atoms with van der Waals surface area (Å²) in [4.78, 5) is 1.27. The Bertz CT molecular complexity index is 329. The van der Waals surface area contributed by atoms with Gasteiger partial charge in [-0.3, -0.25) is 4.68 Å². The molecule has 0 aromatic carbocycles. The van der Waals surface area contributed by atoms with E-state index < -0.39 is 0 Å². The van der Waals surface area contributed by atoms with E-state index in [0.717, 1.165) is 24.3 Å². The van der Waals surface area contributed by atoms with E-state index in [2.05, 4.69) is 23.5 Å². The predicted octanol–water partition coefficient (Wildman–Crippen LogP) is 2.68. The summed E-state index contributed by atoms with van der Waals surface area (Å²) in [5.41, 5.74) is 0. The van der Waals surface area contributed by atoms with Crippen LogP contribution in [0.2, 0.25) is 0 Å². The Morgan fingerprint density at radius 1 is 1.41 bits per heavy atom. The van der Waals surface area contributed by atoms with Crippen molar-refractivity contribution in [1.82, 2.24) is 15.1 Å². The molecule has 0 spiro atoms. The Balaban J connectivity index is 1.57. The van der Waals surface area contributed by atoms with Crippen LogP contribution in [0.4, 0.5) is 0 Å². The molecule has 1 aromatic heterocycles.